The van der Waals surface area contributed by atoms with Crippen molar-refractivity contribution in [3.63, 3.8) is 0 Å². The maximum absolute atomic E-state index is 10.9. The zero-order valence-electron chi connectivity index (χ0n) is 13.1. The SMILES string of the molecule is O=C(O)c1ccc(/C=C/c2ccccc2-c2cc(Cl)cc(Cl)c2)cc1. The molecule has 0 aliphatic carbocycles. The largest absolute Gasteiger partial charge is 0.478 e. The highest BCUT2D eigenvalue weighted by atomic mass is 35.5. The summed E-state index contributed by atoms with van der Waals surface area (Å²) in [5, 5.41) is 10.1. The second-order valence-corrected chi connectivity index (χ2v) is 6.38. The predicted octanol–water partition coefficient (Wildman–Crippen LogP) is 6.53. The Morgan fingerprint density at radius 3 is 2.12 bits per heavy atom. The molecule has 1 N–H and O–H groups in total. The van der Waals surface area contributed by atoms with Crippen molar-refractivity contribution in [1.82, 2.24) is 0 Å². The Balaban J connectivity index is 1.94. The molecule has 0 aliphatic heterocycles. The average molecular weight is 369 g/mol. The minimum atomic E-state index is -0.932. The van der Waals surface area contributed by atoms with Gasteiger partial charge in [-0.15, -0.1) is 0 Å². The molecule has 0 aliphatic rings. The molecule has 0 atom stereocenters. The van der Waals surface area contributed by atoms with Crippen LogP contribution >= 0.6 is 23.2 Å². The maximum Gasteiger partial charge on any atom is 0.335 e. The summed E-state index contributed by atoms with van der Waals surface area (Å²) in [6.45, 7) is 0. The van der Waals surface area contributed by atoms with Gasteiger partial charge in [-0.2, -0.15) is 0 Å². The quantitative estimate of drug-likeness (QED) is 0.531. The molecule has 124 valence electrons. The minimum Gasteiger partial charge on any atom is -0.478 e. The zero-order chi connectivity index (χ0) is 17.8. The van der Waals surface area contributed by atoms with E-state index in [4.69, 9.17) is 28.3 Å². The average Bonchev–Trinajstić information content (AvgIpc) is 2.59. The Morgan fingerprint density at radius 1 is 0.840 bits per heavy atom. The van der Waals surface area contributed by atoms with Gasteiger partial charge in [0.15, 0.2) is 0 Å². The number of rotatable bonds is 4. The highest BCUT2D eigenvalue weighted by Crippen LogP contribution is 2.30. The number of carboxylic acids is 1. The van der Waals surface area contributed by atoms with E-state index in [-0.39, 0.29) is 5.56 Å². The van der Waals surface area contributed by atoms with Crippen LogP contribution in [0.3, 0.4) is 0 Å². The Bertz CT molecular complexity index is 924. The van der Waals surface area contributed by atoms with E-state index in [1.54, 1.807) is 30.3 Å². The number of aromatic carboxylic acids is 1. The maximum atomic E-state index is 10.9. The van der Waals surface area contributed by atoms with Crippen LogP contribution in [0.2, 0.25) is 10.0 Å². The van der Waals surface area contributed by atoms with Crippen molar-refractivity contribution in [2.24, 2.45) is 0 Å². The molecule has 0 spiro atoms. The number of carbonyl (C=O) groups is 1. The van der Waals surface area contributed by atoms with Crippen LogP contribution < -0.4 is 0 Å². The Kier molecular flexibility index (Phi) is 5.22. The van der Waals surface area contributed by atoms with E-state index in [2.05, 4.69) is 0 Å². The first-order valence-corrected chi connectivity index (χ1v) is 8.35. The van der Waals surface area contributed by atoms with Crippen molar-refractivity contribution in [3.05, 3.63) is 93.5 Å². The molecule has 0 heterocycles. The van der Waals surface area contributed by atoms with Crippen LogP contribution in [0.15, 0.2) is 66.7 Å². The van der Waals surface area contributed by atoms with Crippen LogP contribution in [-0.4, -0.2) is 11.1 Å². The molecule has 0 radical (unpaired) electrons. The van der Waals surface area contributed by atoms with Gasteiger partial charge >= 0.3 is 5.97 Å². The van der Waals surface area contributed by atoms with E-state index < -0.39 is 5.97 Å². The van der Waals surface area contributed by atoms with Crippen molar-refractivity contribution in [2.75, 3.05) is 0 Å². The molecule has 3 aromatic carbocycles. The summed E-state index contributed by atoms with van der Waals surface area (Å²) >= 11 is 12.2. The molecular formula is C21H14Cl2O2. The van der Waals surface area contributed by atoms with Gasteiger partial charge in [0.05, 0.1) is 5.56 Å². The van der Waals surface area contributed by atoms with Gasteiger partial charge in [-0.1, -0.05) is 71.8 Å². The summed E-state index contributed by atoms with van der Waals surface area (Å²) in [4.78, 5) is 10.9. The van der Waals surface area contributed by atoms with E-state index in [0.717, 1.165) is 22.3 Å². The predicted molar refractivity (Wildman–Crippen MR) is 104 cm³/mol. The third-order valence-corrected chi connectivity index (χ3v) is 4.18. The fraction of sp³-hybridized carbons (Fsp3) is 0. The van der Waals surface area contributed by atoms with Crippen molar-refractivity contribution in [3.8, 4) is 11.1 Å². The zero-order valence-corrected chi connectivity index (χ0v) is 14.6. The van der Waals surface area contributed by atoms with Gasteiger partial charge in [0.1, 0.15) is 0 Å². The van der Waals surface area contributed by atoms with Crippen LogP contribution in [0.25, 0.3) is 23.3 Å². The molecule has 4 heteroatoms. The highest BCUT2D eigenvalue weighted by Gasteiger charge is 2.05. The van der Waals surface area contributed by atoms with Gasteiger partial charge in [-0.05, 0) is 52.6 Å². The smallest absolute Gasteiger partial charge is 0.335 e. The van der Waals surface area contributed by atoms with Crippen LogP contribution in [0.4, 0.5) is 0 Å². The lowest BCUT2D eigenvalue weighted by Gasteiger charge is -2.08. The number of halogens is 2. The van der Waals surface area contributed by atoms with E-state index in [9.17, 15) is 4.79 Å². The minimum absolute atomic E-state index is 0.270. The first-order valence-electron chi connectivity index (χ1n) is 7.60. The third kappa shape index (κ3) is 4.30. The van der Waals surface area contributed by atoms with Crippen molar-refractivity contribution in [1.29, 1.82) is 0 Å². The first-order chi connectivity index (χ1) is 12.0. The van der Waals surface area contributed by atoms with E-state index >= 15 is 0 Å². The van der Waals surface area contributed by atoms with Crippen LogP contribution in [0.5, 0.6) is 0 Å². The third-order valence-electron chi connectivity index (χ3n) is 3.75. The summed E-state index contributed by atoms with van der Waals surface area (Å²) in [6.07, 6.45) is 3.93. The molecule has 2 nitrogen and oxygen atoms in total. The molecular weight excluding hydrogens is 355 g/mol. The molecule has 3 rings (SSSR count). The molecule has 0 unspecified atom stereocenters. The fourth-order valence-corrected chi connectivity index (χ4v) is 3.06. The van der Waals surface area contributed by atoms with E-state index in [1.165, 1.54) is 0 Å². The molecule has 0 amide bonds. The number of hydrogen-bond acceptors (Lipinski definition) is 1. The summed E-state index contributed by atoms with van der Waals surface area (Å²) in [5.41, 5.74) is 4.17. The Labute approximate surface area is 156 Å². The number of benzene rings is 3. The van der Waals surface area contributed by atoms with E-state index in [0.29, 0.717) is 10.0 Å². The topological polar surface area (TPSA) is 37.3 Å². The van der Waals surface area contributed by atoms with Gasteiger partial charge in [-0.3, -0.25) is 0 Å². The molecule has 0 saturated heterocycles. The molecule has 0 bridgehead atoms. The summed E-state index contributed by atoms with van der Waals surface area (Å²) in [6, 6.07) is 20.1. The Hall–Kier alpha value is -2.55. The van der Waals surface area contributed by atoms with Gasteiger partial charge in [0, 0.05) is 10.0 Å². The number of hydrogen-bond donors (Lipinski definition) is 1. The molecule has 0 aromatic heterocycles. The molecule has 0 fully saturated rings. The fourth-order valence-electron chi connectivity index (χ4n) is 2.54. The summed E-state index contributed by atoms with van der Waals surface area (Å²) in [5.74, 6) is -0.932. The van der Waals surface area contributed by atoms with Gasteiger partial charge in [0.25, 0.3) is 0 Å². The molecule has 0 saturated carbocycles. The highest BCUT2D eigenvalue weighted by molar-refractivity contribution is 6.35. The van der Waals surface area contributed by atoms with Crippen molar-refractivity contribution in [2.45, 2.75) is 0 Å². The second kappa shape index (κ2) is 7.56. The molecule has 25 heavy (non-hydrogen) atoms. The van der Waals surface area contributed by atoms with Gasteiger partial charge in [0.2, 0.25) is 0 Å². The van der Waals surface area contributed by atoms with Crippen LogP contribution in [0.1, 0.15) is 21.5 Å². The van der Waals surface area contributed by atoms with E-state index in [1.807, 2.05) is 48.6 Å². The second-order valence-electron chi connectivity index (χ2n) is 5.51. The van der Waals surface area contributed by atoms with Crippen molar-refractivity contribution >= 4 is 41.3 Å². The van der Waals surface area contributed by atoms with Crippen molar-refractivity contribution < 1.29 is 9.90 Å². The lowest BCUT2D eigenvalue weighted by Crippen LogP contribution is -1.94. The van der Waals surface area contributed by atoms with Crippen LogP contribution in [-0.2, 0) is 0 Å². The monoisotopic (exact) mass is 368 g/mol. The van der Waals surface area contributed by atoms with Gasteiger partial charge < -0.3 is 5.11 Å². The lowest BCUT2D eigenvalue weighted by molar-refractivity contribution is 0.0697. The molecule has 3 aromatic rings. The summed E-state index contributed by atoms with van der Waals surface area (Å²) < 4.78 is 0. The van der Waals surface area contributed by atoms with Crippen LogP contribution in [0, 0.1) is 0 Å². The normalized spacial score (nSPS) is 11.0. The standard InChI is InChI=1S/C21H14Cl2O2/c22-18-11-17(12-19(23)13-18)20-4-2-1-3-15(20)8-5-14-6-9-16(10-7-14)21(24)25/h1-13H,(H,24,25)/b8-5+. The lowest BCUT2D eigenvalue weighted by atomic mass is 9.99. The Morgan fingerprint density at radius 2 is 1.48 bits per heavy atom. The van der Waals surface area contributed by atoms with Gasteiger partial charge in [-0.25, -0.2) is 4.79 Å². The number of carboxylic acid groups (broad SMARTS) is 1. The first kappa shape index (κ1) is 17.3. The summed E-state index contributed by atoms with van der Waals surface area (Å²) in [7, 11) is 0.